The Morgan fingerprint density at radius 3 is 1.47 bits per heavy atom. The average molecular weight is 507 g/mol. The van der Waals surface area contributed by atoms with Crippen LogP contribution in [-0.2, 0) is 28.8 Å². The van der Waals surface area contributed by atoms with Crippen LogP contribution in [0.4, 0.5) is 0 Å². The summed E-state index contributed by atoms with van der Waals surface area (Å²) in [6.07, 6.45) is 0. The summed E-state index contributed by atoms with van der Waals surface area (Å²) in [6, 6.07) is -1.94. The summed E-state index contributed by atoms with van der Waals surface area (Å²) < 4.78 is 0. The van der Waals surface area contributed by atoms with E-state index in [-0.39, 0.29) is 11.4 Å². The number of fused-ring (bicyclic) bond motifs is 2. The zero-order valence-electron chi connectivity index (χ0n) is 17.8. The van der Waals surface area contributed by atoms with Crippen LogP contribution in [0.1, 0.15) is 13.8 Å². The zero-order valence-corrected chi connectivity index (χ0v) is 19.4. The Labute approximate surface area is 201 Å². The summed E-state index contributed by atoms with van der Waals surface area (Å²) in [6.45, 7) is 3.24. The first-order chi connectivity index (χ1) is 16.0. The molecule has 14 heteroatoms. The first kappa shape index (κ1) is 23.7. The summed E-state index contributed by atoms with van der Waals surface area (Å²) in [4.78, 5) is 74.1. The van der Waals surface area contributed by atoms with Crippen LogP contribution in [0.3, 0.4) is 0 Å². The first-order valence-electron chi connectivity index (χ1n) is 9.91. The van der Waals surface area contributed by atoms with Crippen molar-refractivity contribution in [2.24, 2.45) is 0 Å². The number of carboxylic acids is 2. The van der Waals surface area contributed by atoms with Gasteiger partial charge >= 0.3 is 11.9 Å². The second-order valence-corrected chi connectivity index (χ2v) is 10.1. The molecule has 0 aromatic rings. The molecule has 2 fully saturated rings. The Morgan fingerprint density at radius 2 is 1.15 bits per heavy atom. The highest BCUT2D eigenvalue weighted by Gasteiger charge is 2.54. The molecular weight excluding hydrogens is 488 g/mol. The molecule has 2 saturated heterocycles. The minimum absolute atomic E-state index is 0.0967. The molecule has 34 heavy (non-hydrogen) atoms. The van der Waals surface area contributed by atoms with E-state index >= 15 is 0 Å². The molecule has 4 rings (SSSR count). The van der Waals surface area contributed by atoms with Gasteiger partial charge in [0, 0.05) is 23.3 Å². The van der Waals surface area contributed by atoms with Gasteiger partial charge in [-0.2, -0.15) is 0 Å². The predicted molar refractivity (Wildman–Crippen MR) is 118 cm³/mol. The van der Waals surface area contributed by atoms with Gasteiger partial charge in [-0.05, 0) is 25.0 Å². The molecule has 0 aromatic heterocycles. The molecule has 0 radical (unpaired) electrons. The zero-order chi connectivity index (χ0) is 24.9. The Kier molecular flexibility index (Phi) is 6.09. The number of carbonyl (C=O) groups is 6. The van der Waals surface area contributed by atoms with Gasteiger partial charge in [0.25, 0.3) is 23.6 Å². The molecule has 178 valence electrons. The number of carboxylic acid groups (broad SMARTS) is 2. The van der Waals surface area contributed by atoms with Crippen molar-refractivity contribution >= 4 is 59.1 Å². The third kappa shape index (κ3) is 3.80. The second-order valence-electron chi connectivity index (χ2n) is 7.84. The van der Waals surface area contributed by atoms with Gasteiger partial charge in [-0.15, -0.1) is 23.5 Å². The fraction of sp³-hybridized carbons (Fsp3) is 0.400. The van der Waals surface area contributed by atoms with Crippen LogP contribution in [0.2, 0.25) is 0 Å². The Bertz CT molecular complexity index is 1090. The van der Waals surface area contributed by atoms with Crippen LogP contribution in [0, 0.1) is 11.8 Å². The fourth-order valence-electron chi connectivity index (χ4n) is 4.02. The van der Waals surface area contributed by atoms with Crippen molar-refractivity contribution in [2.45, 2.75) is 36.7 Å². The fourth-order valence-corrected chi connectivity index (χ4v) is 6.60. The number of hydrogen-bond donors (Lipinski definition) is 4. The predicted octanol–water partition coefficient (Wildman–Crippen LogP) is -1.49. The second kappa shape index (κ2) is 8.73. The Hall–Kier alpha value is -3.44. The standard InChI is InChI=1S/C20H18N4O8S2/c1-7-5-33-17-11(15(27)23(17)13(7)19(29)30)21-9(25)3-4-10(26)22-12-16(28)24-14(20(31)32)8(2)6-34-18(12)24/h11-12,17-18H,5-6H2,1-2H3,(H,21,25)(H,22,26)(H,29,30)(H,31,32)/t11-,12-,17-,18-/m1/s1. The van der Waals surface area contributed by atoms with E-state index in [1.54, 1.807) is 13.8 Å². The van der Waals surface area contributed by atoms with E-state index in [1.807, 2.05) is 0 Å². The van der Waals surface area contributed by atoms with Crippen molar-refractivity contribution in [3.8, 4) is 11.8 Å². The molecule has 4 N–H and O–H groups in total. The van der Waals surface area contributed by atoms with Crippen molar-refractivity contribution in [3.05, 3.63) is 22.5 Å². The topological polar surface area (TPSA) is 173 Å². The van der Waals surface area contributed by atoms with Crippen LogP contribution < -0.4 is 10.6 Å². The first-order valence-corrected chi connectivity index (χ1v) is 12.0. The van der Waals surface area contributed by atoms with Crippen LogP contribution in [0.15, 0.2) is 22.5 Å². The van der Waals surface area contributed by atoms with Crippen molar-refractivity contribution in [2.75, 3.05) is 11.5 Å². The SMILES string of the molecule is CC1=C(C(=O)O)N2C(=O)[C@@H](NC(=O)C#CC(=O)N[C@@H]3C(=O)N4C(C(=O)O)=C(C)CS[C@H]34)[C@H]2SC1. The molecule has 4 aliphatic rings. The maximum Gasteiger partial charge on any atom is 0.352 e. The normalized spacial score (nSPS) is 27.5. The molecule has 4 atom stereocenters. The lowest BCUT2D eigenvalue weighted by atomic mass is 10.0. The van der Waals surface area contributed by atoms with Crippen LogP contribution in [0.5, 0.6) is 0 Å². The molecule has 12 nitrogen and oxygen atoms in total. The van der Waals surface area contributed by atoms with Crippen molar-refractivity contribution < 1.29 is 39.0 Å². The van der Waals surface area contributed by atoms with E-state index in [0.29, 0.717) is 22.7 Å². The molecular formula is C20H18N4O8S2. The van der Waals surface area contributed by atoms with Gasteiger partial charge in [-0.25, -0.2) is 9.59 Å². The summed E-state index contributed by atoms with van der Waals surface area (Å²) in [5.74, 6) is -0.526. The number of β-lactam (4-membered cyclic amide) rings is 2. The van der Waals surface area contributed by atoms with Gasteiger partial charge in [-0.1, -0.05) is 0 Å². The molecule has 0 saturated carbocycles. The summed E-state index contributed by atoms with van der Waals surface area (Å²) in [5, 5.41) is 22.3. The number of aliphatic carboxylic acids is 2. The lowest BCUT2D eigenvalue weighted by Gasteiger charge is -2.49. The smallest absolute Gasteiger partial charge is 0.352 e. The van der Waals surface area contributed by atoms with Crippen molar-refractivity contribution in [1.82, 2.24) is 20.4 Å². The molecule has 0 aromatic carbocycles. The minimum atomic E-state index is -1.22. The molecule has 0 spiro atoms. The van der Waals surface area contributed by atoms with Gasteiger partial charge < -0.3 is 20.8 Å². The van der Waals surface area contributed by atoms with Crippen LogP contribution >= 0.6 is 23.5 Å². The molecule has 4 amide bonds. The van der Waals surface area contributed by atoms with E-state index in [9.17, 15) is 39.0 Å². The average Bonchev–Trinajstić information content (AvgIpc) is 2.78. The Morgan fingerprint density at radius 1 is 0.794 bits per heavy atom. The van der Waals surface area contributed by atoms with Gasteiger partial charge in [0.15, 0.2) is 0 Å². The number of amides is 4. The van der Waals surface area contributed by atoms with E-state index in [2.05, 4.69) is 22.5 Å². The Balaban J connectivity index is 1.34. The minimum Gasteiger partial charge on any atom is -0.477 e. The largest absolute Gasteiger partial charge is 0.477 e. The lowest BCUT2D eigenvalue weighted by molar-refractivity contribution is -0.150. The molecule has 0 unspecified atom stereocenters. The third-order valence-corrected chi connectivity index (χ3v) is 8.43. The van der Waals surface area contributed by atoms with E-state index < -0.39 is 58.4 Å². The molecule has 0 aliphatic carbocycles. The molecule has 4 aliphatic heterocycles. The highest BCUT2D eigenvalue weighted by Crippen LogP contribution is 2.41. The number of nitrogens with zero attached hydrogens (tertiary/aromatic N) is 2. The van der Waals surface area contributed by atoms with Gasteiger partial charge in [0.2, 0.25) is 0 Å². The van der Waals surface area contributed by atoms with E-state index in [4.69, 9.17) is 0 Å². The monoisotopic (exact) mass is 506 g/mol. The van der Waals surface area contributed by atoms with Gasteiger partial charge in [0.1, 0.15) is 34.2 Å². The van der Waals surface area contributed by atoms with Gasteiger partial charge in [0.05, 0.1) is 0 Å². The summed E-state index contributed by atoms with van der Waals surface area (Å²) >= 11 is 2.61. The number of carbonyl (C=O) groups excluding carboxylic acids is 4. The quantitative estimate of drug-likeness (QED) is 0.260. The van der Waals surface area contributed by atoms with E-state index in [1.165, 1.54) is 23.5 Å². The maximum atomic E-state index is 12.4. The summed E-state index contributed by atoms with van der Waals surface area (Å²) in [7, 11) is 0. The van der Waals surface area contributed by atoms with E-state index in [0.717, 1.165) is 9.80 Å². The maximum absolute atomic E-state index is 12.4. The number of hydrogen-bond acceptors (Lipinski definition) is 8. The number of thioether (sulfide) groups is 2. The molecule has 4 heterocycles. The number of nitrogens with one attached hydrogen (secondary N) is 2. The highest BCUT2D eigenvalue weighted by molar-refractivity contribution is 8.00. The van der Waals surface area contributed by atoms with Gasteiger partial charge in [-0.3, -0.25) is 29.0 Å². The van der Waals surface area contributed by atoms with Crippen molar-refractivity contribution in [1.29, 1.82) is 0 Å². The van der Waals surface area contributed by atoms with Crippen molar-refractivity contribution in [3.63, 3.8) is 0 Å². The van der Waals surface area contributed by atoms with Crippen LogP contribution in [0.25, 0.3) is 0 Å². The van der Waals surface area contributed by atoms with Crippen LogP contribution in [-0.4, -0.2) is 89.9 Å². The third-order valence-electron chi connectivity index (χ3n) is 5.59. The lowest BCUT2D eigenvalue weighted by Crippen LogP contribution is -2.70. The number of rotatable bonds is 4. The highest BCUT2D eigenvalue weighted by atomic mass is 32.2. The summed E-state index contributed by atoms with van der Waals surface area (Å²) in [5.41, 5.74) is 0.899. The molecule has 0 bridgehead atoms.